The third kappa shape index (κ3) is 1.92. The van der Waals surface area contributed by atoms with E-state index in [9.17, 15) is 4.79 Å². The fourth-order valence-corrected chi connectivity index (χ4v) is 3.90. The van der Waals surface area contributed by atoms with Crippen LogP contribution in [0.2, 0.25) is 0 Å². The minimum absolute atomic E-state index is 0.201. The molecule has 0 radical (unpaired) electrons. The van der Waals surface area contributed by atoms with E-state index in [1.807, 2.05) is 11.8 Å². The van der Waals surface area contributed by atoms with Crippen LogP contribution in [0.25, 0.3) is 0 Å². The van der Waals surface area contributed by atoms with Crippen molar-refractivity contribution in [3.8, 4) is 6.07 Å². The first-order valence-electron chi connectivity index (χ1n) is 7.35. The molecule has 18 heavy (non-hydrogen) atoms. The van der Waals surface area contributed by atoms with Gasteiger partial charge in [0, 0.05) is 19.0 Å². The molecule has 0 bridgehead atoms. The second-order valence-electron chi connectivity index (χ2n) is 6.64. The normalized spacial score (nSPS) is 37.6. The van der Waals surface area contributed by atoms with Gasteiger partial charge in [-0.2, -0.15) is 5.26 Å². The van der Waals surface area contributed by atoms with Gasteiger partial charge in [0.05, 0.1) is 11.5 Å². The highest BCUT2D eigenvalue weighted by Gasteiger charge is 2.56. The summed E-state index contributed by atoms with van der Waals surface area (Å²) in [7, 11) is 0. The Morgan fingerprint density at radius 3 is 2.28 bits per heavy atom. The number of likely N-dealkylation sites (tertiary alicyclic amines) is 1. The molecule has 2 saturated carbocycles. The number of hydrogen-bond acceptors (Lipinski definition) is 2. The summed E-state index contributed by atoms with van der Waals surface area (Å²) in [5.41, 5.74) is -0.201. The lowest BCUT2D eigenvalue weighted by Gasteiger charge is -2.35. The zero-order valence-electron chi connectivity index (χ0n) is 11.2. The average Bonchev–Trinajstić information content (AvgIpc) is 3.13. The summed E-state index contributed by atoms with van der Waals surface area (Å²) in [6.45, 7) is 3.60. The molecule has 2 unspecified atom stereocenters. The molecular weight excluding hydrogens is 224 g/mol. The van der Waals surface area contributed by atoms with E-state index in [1.165, 1.54) is 25.7 Å². The van der Waals surface area contributed by atoms with Gasteiger partial charge in [-0.1, -0.05) is 12.8 Å². The van der Waals surface area contributed by atoms with Crippen LogP contribution in [0.4, 0.5) is 0 Å². The van der Waals surface area contributed by atoms with Gasteiger partial charge in [-0.25, -0.2) is 0 Å². The molecular formula is C15H22N2O. The Hall–Kier alpha value is -1.04. The smallest absolute Gasteiger partial charge is 0.226 e. The predicted octanol–water partition coefficient (Wildman–Crippen LogP) is 2.57. The number of nitriles is 1. The van der Waals surface area contributed by atoms with Gasteiger partial charge in [-0.15, -0.1) is 0 Å². The number of carbonyl (C=O) groups is 1. The van der Waals surface area contributed by atoms with E-state index in [4.69, 9.17) is 5.26 Å². The first-order chi connectivity index (χ1) is 8.64. The summed E-state index contributed by atoms with van der Waals surface area (Å²) in [5.74, 6) is 2.15. The molecule has 1 amide bonds. The van der Waals surface area contributed by atoms with Gasteiger partial charge >= 0.3 is 0 Å². The Kier molecular flexibility index (Phi) is 2.84. The molecule has 3 aliphatic rings. The van der Waals surface area contributed by atoms with Crippen LogP contribution in [-0.4, -0.2) is 23.9 Å². The first-order valence-corrected chi connectivity index (χ1v) is 7.35. The molecule has 3 fully saturated rings. The maximum absolute atomic E-state index is 12.5. The predicted molar refractivity (Wildman–Crippen MR) is 68.5 cm³/mol. The second kappa shape index (κ2) is 4.26. The zero-order valence-corrected chi connectivity index (χ0v) is 11.2. The number of fused-ring (bicyclic) bond motifs is 1. The van der Waals surface area contributed by atoms with Gasteiger partial charge in [0.1, 0.15) is 0 Å². The van der Waals surface area contributed by atoms with Crippen molar-refractivity contribution in [2.45, 2.75) is 45.4 Å². The summed E-state index contributed by atoms with van der Waals surface area (Å²) in [5, 5.41) is 9.11. The average molecular weight is 246 g/mol. The first kappa shape index (κ1) is 12.0. The standard InChI is InChI=1S/C15H22N2O/c1-15(10-16)6-8-17(9-7-15)14(18)13-11-4-2-3-5-12(11)13/h11-13H,2-9H2,1H3. The number of hydrogen-bond donors (Lipinski definition) is 0. The summed E-state index contributed by atoms with van der Waals surface area (Å²) in [4.78, 5) is 14.5. The molecule has 0 aromatic rings. The van der Waals surface area contributed by atoms with Gasteiger partial charge < -0.3 is 4.90 Å². The van der Waals surface area contributed by atoms with E-state index in [-0.39, 0.29) is 5.41 Å². The quantitative estimate of drug-likeness (QED) is 0.713. The minimum Gasteiger partial charge on any atom is -0.342 e. The molecule has 1 heterocycles. The molecule has 1 aliphatic heterocycles. The van der Waals surface area contributed by atoms with Crippen LogP contribution >= 0.6 is 0 Å². The third-order valence-corrected chi connectivity index (χ3v) is 5.39. The number of amides is 1. The molecule has 0 spiro atoms. The molecule has 0 aromatic heterocycles. The van der Waals surface area contributed by atoms with Gasteiger partial charge in [-0.3, -0.25) is 4.79 Å². The van der Waals surface area contributed by atoms with Crippen LogP contribution in [0.15, 0.2) is 0 Å². The van der Waals surface area contributed by atoms with E-state index in [1.54, 1.807) is 0 Å². The number of nitrogens with zero attached hydrogens (tertiary/aromatic N) is 2. The Morgan fingerprint density at radius 1 is 1.22 bits per heavy atom. The van der Waals surface area contributed by atoms with Crippen molar-refractivity contribution in [3.63, 3.8) is 0 Å². The van der Waals surface area contributed by atoms with Gasteiger partial charge in [0.2, 0.25) is 5.91 Å². The molecule has 1 saturated heterocycles. The highest BCUT2D eigenvalue weighted by Crippen LogP contribution is 2.56. The lowest BCUT2D eigenvalue weighted by Crippen LogP contribution is -2.42. The van der Waals surface area contributed by atoms with Gasteiger partial charge in [-0.05, 0) is 44.4 Å². The van der Waals surface area contributed by atoms with Gasteiger partial charge in [0.15, 0.2) is 0 Å². The SMILES string of the molecule is CC1(C#N)CCN(C(=O)C2C3CCCCC32)CC1. The Balaban J connectivity index is 1.58. The second-order valence-corrected chi connectivity index (χ2v) is 6.64. The highest BCUT2D eigenvalue weighted by atomic mass is 16.2. The topological polar surface area (TPSA) is 44.1 Å². The molecule has 3 heteroatoms. The van der Waals surface area contributed by atoms with E-state index >= 15 is 0 Å². The summed E-state index contributed by atoms with van der Waals surface area (Å²) < 4.78 is 0. The molecule has 98 valence electrons. The molecule has 3 rings (SSSR count). The Labute approximate surface area is 109 Å². The van der Waals surface area contributed by atoms with Crippen molar-refractivity contribution in [3.05, 3.63) is 0 Å². The summed E-state index contributed by atoms with van der Waals surface area (Å²) >= 11 is 0. The lowest BCUT2D eigenvalue weighted by atomic mass is 9.82. The Bertz CT molecular complexity index is 378. The van der Waals surface area contributed by atoms with Crippen molar-refractivity contribution < 1.29 is 4.79 Å². The van der Waals surface area contributed by atoms with Crippen molar-refractivity contribution >= 4 is 5.91 Å². The third-order valence-electron chi connectivity index (χ3n) is 5.39. The van der Waals surface area contributed by atoms with Crippen LogP contribution in [0.1, 0.15) is 45.4 Å². The van der Waals surface area contributed by atoms with E-state index < -0.39 is 0 Å². The van der Waals surface area contributed by atoms with Crippen molar-refractivity contribution in [2.24, 2.45) is 23.2 Å². The fraction of sp³-hybridized carbons (Fsp3) is 0.867. The summed E-state index contributed by atoms with van der Waals surface area (Å²) in [6, 6.07) is 2.40. The summed E-state index contributed by atoms with van der Waals surface area (Å²) in [6.07, 6.45) is 6.86. The molecule has 2 atom stereocenters. The molecule has 0 N–H and O–H groups in total. The number of rotatable bonds is 1. The number of carbonyl (C=O) groups excluding carboxylic acids is 1. The van der Waals surface area contributed by atoms with Crippen LogP contribution in [0.5, 0.6) is 0 Å². The minimum atomic E-state index is -0.201. The number of piperidine rings is 1. The van der Waals surface area contributed by atoms with E-state index in [2.05, 4.69) is 6.07 Å². The largest absolute Gasteiger partial charge is 0.342 e. The zero-order chi connectivity index (χ0) is 12.8. The van der Waals surface area contributed by atoms with E-state index in [0.29, 0.717) is 23.7 Å². The highest BCUT2D eigenvalue weighted by molar-refractivity contribution is 5.82. The maximum Gasteiger partial charge on any atom is 0.226 e. The Morgan fingerprint density at radius 2 is 1.78 bits per heavy atom. The fourth-order valence-electron chi connectivity index (χ4n) is 3.90. The van der Waals surface area contributed by atoms with E-state index in [0.717, 1.165) is 25.9 Å². The van der Waals surface area contributed by atoms with Crippen LogP contribution in [0, 0.1) is 34.5 Å². The van der Waals surface area contributed by atoms with Gasteiger partial charge in [0.25, 0.3) is 0 Å². The van der Waals surface area contributed by atoms with Crippen molar-refractivity contribution in [1.29, 1.82) is 5.26 Å². The molecule has 2 aliphatic carbocycles. The molecule has 0 aromatic carbocycles. The monoisotopic (exact) mass is 246 g/mol. The maximum atomic E-state index is 12.5. The van der Waals surface area contributed by atoms with Crippen molar-refractivity contribution in [1.82, 2.24) is 4.90 Å². The van der Waals surface area contributed by atoms with Crippen LogP contribution in [0.3, 0.4) is 0 Å². The molecule has 3 nitrogen and oxygen atoms in total. The van der Waals surface area contributed by atoms with Crippen LogP contribution in [-0.2, 0) is 4.79 Å². The lowest BCUT2D eigenvalue weighted by molar-refractivity contribution is -0.135. The van der Waals surface area contributed by atoms with Crippen molar-refractivity contribution in [2.75, 3.05) is 13.1 Å². The van der Waals surface area contributed by atoms with Crippen LogP contribution < -0.4 is 0 Å².